The lowest BCUT2D eigenvalue weighted by atomic mass is 10.1. The van der Waals surface area contributed by atoms with Gasteiger partial charge in [0.2, 0.25) is 0 Å². The molecule has 0 aliphatic rings. The molecular weight excluding hydrogens is 278 g/mol. The highest BCUT2D eigenvalue weighted by molar-refractivity contribution is 6.39. The number of carbonyl (C=O) groups excluding carboxylic acids is 2. The number of methoxy groups -OCH3 is 1. The minimum absolute atomic E-state index is 0.0200. The van der Waals surface area contributed by atoms with Crippen molar-refractivity contribution < 1.29 is 24.4 Å². The highest BCUT2D eigenvalue weighted by atomic mass is 35.5. The smallest absolute Gasteiger partial charge is 0.378 e. The largest absolute Gasteiger partial charge is 0.507 e. The number of nitrogens with zero attached hydrogens (tertiary/aromatic N) is 1. The maximum atomic E-state index is 11.2. The van der Waals surface area contributed by atoms with Crippen molar-refractivity contribution in [1.29, 1.82) is 0 Å². The average molecular weight is 286 g/mol. The zero-order valence-electron chi connectivity index (χ0n) is 9.62. The predicted octanol–water partition coefficient (Wildman–Crippen LogP) is 1.89. The number of halogens is 1. The van der Waals surface area contributed by atoms with Gasteiger partial charge in [-0.15, -0.1) is 0 Å². The van der Waals surface area contributed by atoms with Crippen LogP contribution in [0.2, 0.25) is 5.02 Å². The number of hydrogen-bond donors (Lipinski definition) is 1. The lowest BCUT2D eigenvalue weighted by molar-refractivity contribution is -0.384. The fourth-order valence-electron chi connectivity index (χ4n) is 1.18. The topological polar surface area (TPSA) is 107 Å². The second kappa shape index (κ2) is 5.96. The number of nitro groups is 1. The number of benzene rings is 1. The van der Waals surface area contributed by atoms with Crippen LogP contribution >= 0.6 is 11.6 Å². The average Bonchev–Trinajstić information content (AvgIpc) is 2.37. The molecular formula is C11H8ClNO6. The number of carbonyl (C=O) groups is 2. The number of aliphatic hydroxyl groups excluding tert-OH is 1. The SMILES string of the molecule is COC(=O)C(=O)/C=C(\O)c1ccc(Cl)c([N+](=O)[O-])c1. The molecule has 1 aromatic carbocycles. The molecule has 1 N–H and O–H groups in total. The van der Waals surface area contributed by atoms with Gasteiger partial charge >= 0.3 is 5.97 Å². The van der Waals surface area contributed by atoms with Crippen molar-refractivity contribution in [2.45, 2.75) is 0 Å². The van der Waals surface area contributed by atoms with Gasteiger partial charge in [0.15, 0.2) is 0 Å². The third kappa shape index (κ3) is 3.52. The first-order valence-electron chi connectivity index (χ1n) is 4.84. The normalized spacial score (nSPS) is 10.9. The van der Waals surface area contributed by atoms with Gasteiger partial charge in [-0.05, 0) is 12.1 Å². The Hall–Kier alpha value is -2.41. The molecule has 0 saturated carbocycles. The number of esters is 1. The van der Waals surface area contributed by atoms with E-state index in [4.69, 9.17) is 11.6 Å². The molecule has 19 heavy (non-hydrogen) atoms. The van der Waals surface area contributed by atoms with Gasteiger partial charge in [0.25, 0.3) is 11.5 Å². The Labute approximate surface area is 112 Å². The standard InChI is InChI=1S/C11H8ClNO6/c1-19-11(16)10(15)5-9(14)6-2-3-7(12)8(4-6)13(17)18/h2-5,14H,1H3/b9-5-. The Balaban J connectivity index is 3.13. The van der Waals surface area contributed by atoms with Crippen molar-refractivity contribution in [2.24, 2.45) is 0 Å². The van der Waals surface area contributed by atoms with E-state index in [0.29, 0.717) is 6.08 Å². The Morgan fingerprint density at radius 1 is 1.47 bits per heavy atom. The van der Waals surface area contributed by atoms with E-state index in [1.807, 2.05) is 0 Å². The van der Waals surface area contributed by atoms with E-state index in [9.17, 15) is 24.8 Å². The Morgan fingerprint density at radius 3 is 2.63 bits per heavy atom. The van der Waals surface area contributed by atoms with Crippen LogP contribution in [-0.2, 0) is 14.3 Å². The molecule has 1 rings (SSSR count). The molecule has 0 unspecified atom stereocenters. The molecule has 100 valence electrons. The summed E-state index contributed by atoms with van der Waals surface area (Å²) in [7, 11) is 1.01. The number of nitro benzene ring substituents is 1. The summed E-state index contributed by atoms with van der Waals surface area (Å²) in [6, 6.07) is 3.45. The molecule has 0 radical (unpaired) electrons. The quantitative estimate of drug-likeness (QED) is 0.226. The molecule has 1 aromatic rings. The second-order valence-electron chi connectivity index (χ2n) is 3.31. The summed E-state index contributed by atoms with van der Waals surface area (Å²) in [5, 5.41) is 20.1. The Bertz CT molecular complexity index is 581. The summed E-state index contributed by atoms with van der Waals surface area (Å²) in [6.07, 6.45) is 0.610. The molecule has 0 spiro atoms. The molecule has 0 amide bonds. The van der Waals surface area contributed by atoms with Gasteiger partial charge in [-0.2, -0.15) is 0 Å². The molecule has 0 aromatic heterocycles. The molecule has 0 saturated heterocycles. The zero-order chi connectivity index (χ0) is 14.6. The van der Waals surface area contributed by atoms with Crippen LogP contribution < -0.4 is 0 Å². The number of aliphatic hydroxyl groups is 1. The maximum Gasteiger partial charge on any atom is 0.378 e. The maximum absolute atomic E-state index is 11.2. The summed E-state index contributed by atoms with van der Waals surface area (Å²) < 4.78 is 4.16. The van der Waals surface area contributed by atoms with Crippen molar-refractivity contribution in [3.05, 3.63) is 45.0 Å². The van der Waals surface area contributed by atoms with Crippen LogP contribution in [0.1, 0.15) is 5.56 Å². The van der Waals surface area contributed by atoms with Gasteiger partial charge in [0, 0.05) is 17.7 Å². The first kappa shape index (κ1) is 14.7. The van der Waals surface area contributed by atoms with Crippen molar-refractivity contribution in [3.8, 4) is 0 Å². The first-order valence-corrected chi connectivity index (χ1v) is 5.22. The van der Waals surface area contributed by atoms with Crippen LogP contribution in [0.4, 0.5) is 5.69 Å². The van der Waals surface area contributed by atoms with Crippen LogP contribution in [0, 0.1) is 10.1 Å². The molecule has 0 bridgehead atoms. The fourth-order valence-corrected chi connectivity index (χ4v) is 1.37. The monoisotopic (exact) mass is 285 g/mol. The van der Waals surface area contributed by atoms with Crippen LogP contribution in [-0.4, -0.2) is 28.9 Å². The number of rotatable bonds is 4. The van der Waals surface area contributed by atoms with E-state index in [2.05, 4.69) is 4.74 Å². The summed E-state index contributed by atoms with van der Waals surface area (Å²) in [6.45, 7) is 0. The van der Waals surface area contributed by atoms with E-state index in [1.165, 1.54) is 12.1 Å². The van der Waals surface area contributed by atoms with Crippen molar-refractivity contribution in [1.82, 2.24) is 0 Å². The predicted molar refractivity (Wildman–Crippen MR) is 65.7 cm³/mol. The van der Waals surface area contributed by atoms with Gasteiger partial charge in [-0.25, -0.2) is 4.79 Å². The van der Waals surface area contributed by atoms with E-state index >= 15 is 0 Å². The summed E-state index contributed by atoms with van der Waals surface area (Å²) in [5.41, 5.74) is -0.446. The van der Waals surface area contributed by atoms with Gasteiger partial charge in [0.1, 0.15) is 10.8 Å². The van der Waals surface area contributed by atoms with Crippen LogP contribution in [0.5, 0.6) is 0 Å². The molecule has 0 fully saturated rings. The third-order valence-corrected chi connectivity index (χ3v) is 2.41. The van der Waals surface area contributed by atoms with Crippen LogP contribution in [0.15, 0.2) is 24.3 Å². The third-order valence-electron chi connectivity index (χ3n) is 2.09. The number of ketones is 1. The van der Waals surface area contributed by atoms with E-state index in [0.717, 1.165) is 13.2 Å². The highest BCUT2D eigenvalue weighted by Gasteiger charge is 2.17. The van der Waals surface area contributed by atoms with E-state index in [-0.39, 0.29) is 10.6 Å². The molecule has 0 atom stereocenters. The van der Waals surface area contributed by atoms with E-state index in [1.54, 1.807) is 0 Å². The summed E-state index contributed by atoms with van der Waals surface area (Å²) in [5.74, 6) is -2.84. The van der Waals surface area contributed by atoms with Gasteiger partial charge < -0.3 is 9.84 Å². The first-order chi connectivity index (χ1) is 8.86. The van der Waals surface area contributed by atoms with Gasteiger partial charge in [-0.1, -0.05) is 11.6 Å². The van der Waals surface area contributed by atoms with Crippen molar-refractivity contribution in [2.75, 3.05) is 7.11 Å². The lowest BCUT2D eigenvalue weighted by Crippen LogP contribution is -2.13. The summed E-state index contributed by atoms with van der Waals surface area (Å²) >= 11 is 5.59. The Kier molecular flexibility index (Phi) is 4.60. The van der Waals surface area contributed by atoms with Crippen molar-refractivity contribution in [3.63, 3.8) is 0 Å². The highest BCUT2D eigenvalue weighted by Crippen LogP contribution is 2.27. The lowest BCUT2D eigenvalue weighted by Gasteiger charge is -2.01. The Morgan fingerprint density at radius 2 is 2.11 bits per heavy atom. The van der Waals surface area contributed by atoms with Gasteiger partial charge in [-0.3, -0.25) is 14.9 Å². The van der Waals surface area contributed by atoms with Crippen molar-refractivity contribution >= 4 is 34.8 Å². The van der Waals surface area contributed by atoms with E-state index < -0.39 is 28.1 Å². The molecule has 0 aliphatic carbocycles. The molecule has 7 nitrogen and oxygen atoms in total. The summed E-state index contributed by atoms with van der Waals surface area (Å²) in [4.78, 5) is 31.9. The molecule has 0 heterocycles. The fraction of sp³-hybridized carbons (Fsp3) is 0.0909. The minimum Gasteiger partial charge on any atom is -0.507 e. The minimum atomic E-state index is -1.16. The second-order valence-corrected chi connectivity index (χ2v) is 3.72. The molecule has 8 heteroatoms. The number of ether oxygens (including phenoxy) is 1. The van der Waals surface area contributed by atoms with Crippen LogP contribution in [0.25, 0.3) is 5.76 Å². The number of hydrogen-bond acceptors (Lipinski definition) is 6. The van der Waals surface area contributed by atoms with Crippen LogP contribution in [0.3, 0.4) is 0 Å². The zero-order valence-corrected chi connectivity index (χ0v) is 10.4. The molecule has 0 aliphatic heterocycles. The van der Waals surface area contributed by atoms with Gasteiger partial charge in [0.05, 0.1) is 12.0 Å².